The highest BCUT2D eigenvalue weighted by Gasteiger charge is 2.35. The standard InChI is InChI=1S/C22H19F7N6O2S/c1-11-18(20(38-34-11)33-17-8-30-16(7-31-17)22(27,28)29)19(36)32-12-2-3-14(23)15(6-12)37-13-4-5-35(9-13)10-21(24,25)26/h2-3,6-8,13H,4-5,9-10H2,1H3,(H,31,33)(H,32,36)/t13-/m1/s1. The van der Waals surface area contributed by atoms with E-state index in [1.165, 1.54) is 12.1 Å². The minimum absolute atomic E-state index is 0.0306. The van der Waals surface area contributed by atoms with Gasteiger partial charge in [0.2, 0.25) is 0 Å². The molecular weight excluding hydrogens is 545 g/mol. The van der Waals surface area contributed by atoms with E-state index in [1.807, 2.05) is 0 Å². The number of hydrogen-bond donors (Lipinski definition) is 2. The van der Waals surface area contributed by atoms with Crippen LogP contribution >= 0.6 is 11.5 Å². The molecule has 1 atom stereocenters. The molecule has 3 aromatic rings. The Bertz CT molecular complexity index is 1300. The number of nitrogens with one attached hydrogen (secondary N) is 2. The molecule has 1 amide bonds. The quantitative estimate of drug-likeness (QED) is 0.371. The van der Waals surface area contributed by atoms with Crippen molar-refractivity contribution in [2.45, 2.75) is 31.8 Å². The van der Waals surface area contributed by atoms with Gasteiger partial charge < -0.3 is 15.4 Å². The fraction of sp³-hybridized carbons (Fsp3) is 0.364. The largest absolute Gasteiger partial charge is 0.486 e. The molecule has 3 heterocycles. The minimum Gasteiger partial charge on any atom is -0.486 e. The van der Waals surface area contributed by atoms with E-state index >= 15 is 0 Å². The normalized spacial score (nSPS) is 16.5. The van der Waals surface area contributed by atoms with Crippen LogP contribution in [0.5, 0.6) is 5.75 Å². The number of ether oxygens (including phenoxy) is 1. The van der Waals surface area contributed by atoms with Gasteiger partial charge >= 0.3 is 12.4 Å². The molecule has 0 unspecified atom stereocenters. The van der Waals surface area contributed by atoms with Gasteiger partial charge in [0.25, 0.3) is 5.91 Å². The van der Waals surface area contributed by atoms with Crippen molar-refractivity contribution < 1.29 is 40.3 Å². The van der Waals surface area contributed by atoms with E-state index in [4.69, 9.17) is 4.74 Å². The van der Waals surface area contributed by atoms with Crippen molar-refractivity contribution in [2.24, 2.45) is 0 Å². The Hall–Kier alpha value is -3.53. The van der Waals surface area contributed by atoms with Crippen molar-refractivity contribution >= 4 is 33.9 Å². The summed E-state index contributed by atoms with van der Waals surface area (Å²) in [5.41, 5.74) is -0.657. The molecule has 38 heavy (non-hydrogen) atoms. The summed E-state index contributed by atoms with van der Waals surface area (Å²) in [6.45, 7) is 0.567. The number of aryl methyl sites for hydroxylation is 1. The second-order valence-corrected chi connectivity index (χ2v) is 9.13. The Morgan fingerprint density at radius 3 is 2.61 bits per heavy atom. The first-order chi connectivity index (χ1) is 17.8. The van der Waals surface area contributed by atoms with Crippen molar-refractivity contribution in [2.75, 3.05) is 30.3 Å². The fourth-order valence-electron chi connectivity index (χ4n) is 3.71. The average molecular weight is 564 g/mol. The van der Waals surface area contributed by atoms with Crippen LogP contribution in [0.25, 0.3) is 0 Å². The summed E-state index contributed by atoms with van der Waals surface area (Å²) in [5.74, 6) is -1.70. The molecule has 0 radical (unpaired) electrons. The molecule has 2 aromatic heterocycles. The van der Waals surface area contributed by atoms with E-state index in [2.05, 4.69) is 25.0 Å². The molecule has 1 saturated heterocycles. The zero-order valence-corrected chi connectivity index (χ0v) is 20.3. The van der Waals surface area contributed by atoms with Crippen LogP contribution in [0.4, 0.5) is 47.2 Å². The molecule has 16 heteroatoms. The molecule has 0 aliphatic carbocycles. The molecule has 0 saturated carbocycles. The first kappa shape index (κ1) is 27.5. The summed E-state index contributed by atoms with van der Waals surface area (Å²) in [6.07, 6.45) is -8.00. The summed E-state index contributed by atoms with van der Waals surface area (Å²) in [5, 5.41) is 5.47. The van der Waals surface area contributed by atoms with Gasteiger partial charge in [-0.2, -0.15) is 30.7 Å². The maximum Gasteiger partial charge on any atom is 0.434 e. The molecule has 204 valence electrons. The van der Waals surface area contributed by atoms with Crippen molar-refractivity contribution in [3.05, 3.63) is 53.4 Å². The first-order valence-electron chi connectivity index (χ1n) is 11.0. The predicted octanol–water partition coefficient (Wildman–Crippen LogP) is 5.41. The van der Waals surface area contributed by atoms with Crippen molar-refractivity contribution in [1.29, 1.82) is 0 Å². The van der Waals surface area contributed by atoms with Crippen LogP contribution in [-0.2, 0) is 6.18 Å². The summed E-state index contributed by atoms with van der Waals surface area (Å²) in [4.78, 5) is 21.1. The monoisotopic (exact) mass is 564 g/mol. The Kier molecular flexibility index (Phi) is 7.73. The molecule has 2 N–H and O–H groups in total. The lowest BCUT2D eigenvalue weighted by Gasteiger charge is -2.18. The van der Waals surface area contributed by atoms with Gasteiger partial charge in [0, 0.05) is 24.8 Å². The SMILES string of the molecule is Cc1nsc(Nc2cnc(C(F)(F)F)cn2)c1C(=O)Nc1ccc(F)c(O[C@@H]2CCN(CC(F)(F)F)C2)c1. The summed E-state index contributed by atoms with van der Waals surface area (Å²) < 4.78 is 100.0. The maximum atomic E-state index is 14.3. The van der Waals surface area contributed by atoms with Gasteiger partial charge in [-0.05, 0) is 37.0 Å². The lowest BCUT2D eigenvalue weighted by molar-refractivity contribution is -0.144. The molecule has 4 rings (SSSR count). The van der Waals surface area contributed by atoms with Gasteiger partial charge in [-0.1, -0.05) is 0 Å². The van der Waals surface area contributed by atoms with Gasteiger partial charge in [-0.3, -0.25) is 9.69 Å². The van der Waals surface area contributed by atoms with Crippen molar-refractivity contribution in [3.63, 3.8) is 0 Å². The smallest absolute Gasteiger partial charge is 0.434 e. The Morgan fingerprint density at radius 2 is 1.95 bits per heavy atom. The summed E-state index contributed by atoms with van der Waals surface area (Å²) in [6, 6.07) is 3.53. The molecule has 1 aliphatic rings. The van der Waals surface area contributed by atoms with Crippen LogP contribution < -0.4 is 15.4 Å². The number of likely N-dealkylation sites (tertiary alicyclic amines) is 1. The highest BCUT2D eigenvalue weighted by Crippen LogP contribution is 2.31. The number of alkyl halides is 6. The number of anilines is 3. The number of amides is 1. The fourth-order valence-corrected chi connectivity index (χ4v) is 4.51. The number of halogens is 7. The van der Waals surface area contributed by atoms with E-state index < -0.39 is 42.4 Å². The lowest BCUT2D eigenvalue weighted by Crippen LogP contribution is -2.33. The molecule has 8 nitrogen and oxygen atoms in total. The van der Waals surface area contributed by atoms with E-state index in [0.717, 1.165) is 28.7 Å². The first-order valence-corrected chi connectivity index (χ1v) is 11.7. The van der Waals surface area contributed by atoms with Crippen LogP contribution in [0, 0.1) is 12.7 Å². The van der Waals surface area contributed by atoms with E-state index in [0.29, 0.717) is 11.9 Å². The molecule has 1 aromatic carbocycles. The highest BCUT2D eigenvalue weighted by molar-refractivity contribution is 7.10. The zero-order chi connectivity index (χ0) is 27.7. The number of hydrogen-bond acceptors (Lipinski definition) is 8. The molecule has 1 fully saturated rings. The molecule has 0 bridgehead atoms. The highest BCUT2D eigenvalue weighted by atomic mass is 32.1. The number of carbonyl (C=O) groups is 1. The van der Waals surface area contributed by atoms with Crippen LogP contribution in [-0.4, -0.2) is 57.1 Å². The average Bonchev–Trinajstić information content (AvgIpc) is 3.40. The number of aromatic nitrogens is 3. The van der Waals surface area contributed by atoms with Crippen LogP contribution in [0.2, 0.25) is 0 Å². The lowest BCUT2D eigenvalue weighted by atomic mass is 10.2. The van der Waals surface area contributed by atoms with Crippen LogP contribution in [0.15, 0.2) is 30.6 Å². The number of rotatable bonds is 7. The minimum atomic E-state index is -4.66. The second kappa shape index (κ2) is 10.7. The number of carbonyl (C=O) groups excluding carboxylic acids is 1. The number of nitrogens with zero attached hydrogens (tertiary/aromatic N) is 4. The van der Waals surface area contributed by atoms with Gasteiger partial charge in [0.15, 0.2) is 17.3 Å². The Morgan fingerprint density at radius 1 is 1.18 bits per heavy atom. The van der Waals surface area contributed by atoms with Gasteiger partial charge in [-0.15, -0.1) is 0 Å². The molecule has 1 aliphatic heterocycles. The third kappa shape index (κ3) is 6.86. The van der Waals surface area contributed by atoms with Crippen LogP contribution in [0.3, 0.4) is 0 Å². The molecule has 0 spiro atoms. The van der Waals surface area contributed by atoms with Crippen LogP contribution in [0.1, 0.15) is 28.2 Å². The summed E-state index contributed by atoms with van der Waals surface area (Å²) in [7, 11) is 0. The third-order valence-corrected chi connectivity index (χ3v) is 6.24. The Balaban J connectivity index is 1.44. The number of benzene rings is 1. The second-order valence-electron chi connectivity index (χ2n) is 8.36. The predicted molar refractivity (Wildman–Crippen MR) is 123 cm³/mol. The summed E-state index contributed by atoms with van der Waals surface area (Å²) >= 11 is 0.869. The van der Waals surface area contributed by atoms with E-state index in [9.17, 15) is 35.5 Å². The van der Waals surface area contributed by atoms with Crippen molar-refractivity contribution in [1.82, 2.24) is 19.2 Å². The van der Waals surface area contributed by atoms with Gasteiger partial charge in [-0.25, -0.2) is 14.4 Å². The Labute approximate surface area is 215 Å². The topological polar surface area (TPSA) is 92.3 Å². The maximum absolute atomic E-state index is 14.3. The van der Waals surface area contributed by atoms with Crippen molar-refractivity contribution in [3.8, 4) is 5.75 Å². The van der Waals surface area contributed by atoms with Gasteiger partial charge in [0.1, 0.15) is 16.9 Å². The molecular formula is C22H19F7N6O2S. The van der Waals surface area contributed by atoms with E-state index in [-0.39, 0.29) is 47.3 Å². The van der Waals surface area contributed by atoms with E-state index in [1.54, 1.807) is 6.92 Å². The zero-order valence-electron chi connectivity index (χ0n) is 19.5. The third-order valence-electron chi connectivity index (χ3n) is 5.39. The van der Waals surface area contributed by atoms with Gasteiger partial charge in [0.05, 0.1) is 30.2 Å².